The Bertz CT molecular complexity index is 1960. The fraction of sp³-hybridized carbons (Fsp3) is 0.301. The average molecular weight is 1110 g/mol. The zero-order valence-corrected chi connectivity index (χ0v) is 54.7. The van der Waals surface area contributed by atoms with Crippen LogP contribution in [0.15, 0.2) is 251 Å². The van der Waals surface area contributed by atoms with Crippen LogP contribution in [0.2, 0.25) is 0 Å². The molecule has 0 saturated carbocycles. The zero-order valence-electron chi connectivity index (χ0n) is 54.7. The molecule has 0 N–H and O–H groups in total. The largest absolute Gasteiger partial charge is 0.265 e. The van der Waals surface area contributed by atoms with E-state index in [0.29, 0.717) is 0 Å². The first-order valence-electron chi connectivity index (χ1n) is 28.8. The maximum absolute atomic E-state index is 3.87. The Labute approximate surface area is 501 Å². The normalized spacial score (nSPS) is 7.88. The molecule has 9 heteroatoms. The van der Waals surface area contributed by atoms with Crippen molar-refractivity contribution in [3.05, 3.63) is 307 Å². The standard InChI is InChI=1S/4C7H8.4C6H7N.C5H6N2.C4H5N3.6C2H6/c4*1-7-5-3-2-4-6-7;4*1-6-2-4-7-5-3-6;1-5-6-3-2-4-7-5;1-4-6-2-5-3-7-4;6*1-2/h4*2-6H,1H3;4*2-5H,1H3;2-4H,1H3;2-3H,1H3;6*1-2H3. The summed E-state index contributed by atoms with van der Waals surface area (Å²) in [5.74, 6) is 1.58. The number of pyridine rings is 4. The highest BCUT2D eigenvalue weighted by atomic mass is 15.0. The number of hydrogen-bond donors (Lipinski definition) is 0. The summed E-state index contributed by atoms with van der Waals surface area (Å²) in [6.45, 7) is 44.2. The Morgan fingerprint density at radius 2 is 0.341 bits per heavy atom. The molecule has 0 aliphatic carbocycles. The highest BCUT2D eigenvalue weighted by Crippen LogP contribution is 1.96. The van der Waals surface area contributed by atoms with Crippen LogP contribution >= 0.6 is 0 Å². The maximum atomic E-state index is 3.87. The van der Waals surface area contributed by atoms with Crippen LogP contribution in [0.1, 0.15) is 139 Å². The van der Waals surface area contributed by atoms with Gasteiger partial charge in [0.2, 0.25) is 0 Å². The molecule has 0 fully saturated rings. The summed E-state index contributed by atoms with van der Waals surface area (Å²) in [6.07, 6.45) is 20.7. The summed E-state index contributed by atoms with van der Waals surface area (Å²) in [6, 6.07) is 58.6. The van der Waals surface area contributed by atoms with Crippen molar-refractivity contribution < 1.29 is 0 Å². The Kier molecular flexibility index (Phi) is 75.1. The number of aryl methyl sites for hydroxylation is 10. The number of benzene rings is 4. The van der Waals surface area contributed by atoms with E-state index in [9.17, 15) is 0 Å². The third-order valence-corrected chi connectivity index (χ3v) is 8.47. The van der Waals surface area contributed by atoms with E-state index in [0.717, 1.165) is 11.6 Å². The first kappa shape index (κ1) is 84.9. The van der Waals surface area contributed by atoms with Gasteiger partial charge >= 0.3 is 0 Å². The Morgan fingerprint density at radius 1 is 0.171 bits per heavy atom. The summed E-state index contributed by atoms with van der Waals surface area (Å²) >= 11 is 0. The van der Waals surface area contributed by atoms with Gasteiger partial charge in [-0.3, -0.25) is 19.9 Å². The molecule has 6 aromatic heterocycles. The second kappa shape index (κ2) is 72.6. The van der Waals surface area contributed by atoms with Crippen molar-refractivity contribution in [3.8, 4) is 0 Å². The molecule has 9 nitrogen and oxygen atoms in total. The van der Waals surface area contributed by atoms with Gasteiger partial charge in [-0.2, -0.15) is 0 Å². The molecule has 0 aliphatic rings. The minimum absolute atomic E-state index is 0.759. The van der Waals surface area contributed by atoms with Gasteiger partial charge in [0.15, 0.2) is 0 Å². The van der Waals surface area contributed by atoms with Gasteiger partial charge in [0.25, 0.3) is 0 Å². The quantitative estimate of drug-likeness (QED) is 0.146. The molecule has 0 saturated heterocycles. The molecule has 444 valence electrons. The molecule has 0 spiro atoms. The van der Waals surface area contributed by atoms with Crippen LogP contribution in [0.5, 0.6) is 0 Å². The van der Waals surface area contributed by atoms with Crippen molar-refractivity contribution in [1.29, 1.82) is 0 Å². The lowest BCUT2D eigenvalue weighted by molar-refractivity contribution is 0.974. The van der Waals surface area contributed by atoms with Gasteiger partial charge in [-0.1, -0.05) is 227 Å². The molecule has 0 unspecified atom stereocenters. The van der Waals surface area contributed by atoms with Crippen LogP contribution in [0.25, 0.3) is 0 Å². The van der Waals surface area contributed by atoms with Gasteiger partial charge in [0.1, 0.15) is 24.3 Å². The van der Waals surface area contributed by atoms with E-state index in [-0.39, 0.29) is 0 Å². The minimum Gasteiger partial charge on any atom is -0.265 e. The maximum Gasteiger partial charge on any atom is 0.128 e. The fourth-order valence-electron chi connectivity index (χ4n) is 4.51. The van der Waals surface area contributed by atoms with E-state index < -0.39 is 0 Å². The molecular formula is C73H107N9. The van der Waals surface area contributed by atoms with Gasteiger partial charge in [0.05, 0.1) is 0 Å². The topological polar surface area (TPSA) is 116 Å². The summed E-state index contributed by atoms with van der Waals surface area (Å²) < 4.78 is 0. The smallest absolute Gasteiger partial charge is 0.128 e. The van der Waals surface area contributed by atoms with E-state index in [2.05, 4.69) is 121 Å². The molecule has 10 rings (SSSR count). The first-order valence-corrected chi connectivity index (χ1v) is 28.8. The molecule has 0 amide bonds. The molecule has 0 bridgehead atoms. The van der Waals surface area contributed by atoms with Crippen molar-refractivity contribution in [2.75, 3.05) is 0 Å². The van der Waals surface area contributed by atoms with E-state index >= 15 is 0 Å². The van der Waals surface area contributed by atoms with Crippen LogP contribution in [0.4, 0.5) is 0 Å². The Balaban J connectivity index is -0.000000192. The van der Waals surface area contributed by atoms with Crippen molar-refractivity contribution in [2.24, 2.45) is 0 Å². The summed E-state index contributed by atoms with van der Waals surface area (Å²) in [7, 11) is 0. The molecule has 0 atom stereocenters. The van der Waals surface area contributed by atoms with Gasteiger partial charge < -0.3 is 0 Å². The monoisotopic (exact) mass is 1110 g/mol. The predicted molar refractivity (Wildman–Crippen MR) is 360 cm³/mol. The lowest BCUT2D eigenvalue weighted by Gasteiger charge is -1.82. The number of hydrogen-bond acceptors (Lipinski definition) is 9. The van der Waals surface area contributed by atoms with Crippen molar-refractivity contribution in [3.63, 3.8) is 0 Å². The summed E-state index contributed by atoms with van der Waals surface area (Å²) in [4.78, 5) is 34.3. The predicted octanol–water partition coefficient (Wildman–Crippen LogP) is 20.7. The van der Waals surface area contributed by atoms with Crippen LogP contribution in [-0.4, -0.2) is 44.9 Å². The SMILES string of the molecule is CC.CC.CC.CC.CC.CC.Cc1ccccc1.Cc1ccccc1.Cc1ccccc1.Cc1ccccc1.Cc1ccncc1.Cc1ccncc1.Cc1ccncc1.Cc1ccncc1.Cc1ncccn1.Cc1ncncn1. The number of aromatic nitrogens is 9. The molecule has 10 aromatic rings. The van der Waals surface area contributed by atoms with Crippen LogP contribution in [-0.2, 0) is 0 Å². The Morgan fingerprint density at radius 3 is 0.439 bits per heavy atom. The fourth-order valence-corrected chi connectivity index (χ4v) is 4.51. The van der Waals surface area contributed by atoms with Gasteiger partial charge in [-0.05, 0) is 146 Å². The van der Waals surface area contributed by atoms with E-state index in [1.54, 1.807) is 68.0 Å². The van der Waals surface area contributed by atoms with Crippen molar-refractivity contribution in [1.82, 2.24) is 44.9 Å². The lowest BCUT2D eigenvalue weighted by Crippen LogP contribution is -1.84. The second-order valence-corrected chi connectivity index (χ2v) is 15.2. The summed E-state index contributed by atoms with van der Waals surface area (Å²) in [5, 5.41) is 0. The third kappa shape index (κ3) is 69.6. The van der Waals surface area contributed by atoms with Crippen molar-refractivity contribution >= 4 is 0 Å². The minimum atomic E-state index is 0.759. The van der Waals surface area contributed by atoms with Crippen LogP contribution in [0.3, 0.4) is 0 Å². The molecule has 82 heavy (non-hydrogen) atoms. The zero-order chi connectivity index (χ0) is 63.1. The highest BCUT2D eigenvalue weighted by Gasteiger charge is 1.79. The first-order chi connectivity index (χ1) is 39.9. The summed E-state index contributed by atoms with van der Waals surface area (Å²) in [5.41, 5.74) is 10.3. The van der Waals surface area contributed by atoms with Crippen molar-refractivity contribution in [2.45, 2.75) is 152 Å². The van der Waals surface area contributed by atoms with E-state index in [1.165, 1.54) is 57.2 Å². The van der Waals surface area contributed by atoms with Gasteiger partial charge in [-0.25, -0.2) is 24.9 Å². The highest BCUT2D eigenvalue weighted by molar-refractivity contribution is 5.14. The molecule has 0 aliphatic heterocycles. The van der Waals surface area contributed by atoms with Crippen LogP contribution < -0.4 is 0 Å². The molecule has 6 heterocycles. The molecular weight excluding hydrogens is 1000 g/mol. The molecule has 4 aromatic carbocycles. The number of rotatable bonds is 0. The van der Waals surface area contributed by atoms with E-state index in [4.69, 9.17) is 0 Å². The van der Waals surface area contributed by atoms with Gasteiger partial charge in [-0.15, -0.1) is 0 Å². The third-order valence-electron chi connectivity index (χ3n) is 8.47. The van der Waals surface area contributed by atoms with E-state index in [1.807, 2.05) is 246 Å². The van der Waals surface area contributed by atoms with Crippen LogP contribution in [0, 0.1) is 69.2 Å². The lowest BCUT2D eigenvalue weighted by atomic mass is 10.2. The number of nitrogens with zero attached hydrogens (tertiary/aromatic N) is 9. The average Bonchev–Trinajstić information content (AvgIpc) is 3.54. The second-order valence-electron chi connectivity index (χ2n) is 15.2. The van der Waals surface area contributed by atoms with Gasteiger partial charge in [0, 0.05) is 62.0 Å². The Hall–Kier alpha value is -8.43. The molecule has 0 radical (unpaired) electrons.